The normalized spacial score (nSPS) is 15.2. The Kier molecular flexibility index (Phi) is 5.47. The van der Waals surface area contributed by atoms with Gasteiger partial charge in [-0.05, 0) is 92.5 Å². The molecule has 2 aromatic heterocycles. The van der Waals surface area contributed by atoms with Crippen LogP contribution >= 0.6 is 11.3 Å². The predicted molar refractivity (Wildman–Crippen MR) is 140 cm³/mol. The number of nitrogens with one attached hydrogen (secondary N) is 1. The van der Waals surface area contributed by atoms with E-state index in [1.807, 2.05) is 41.9 Å². The molecule has 3 heterocycles. The lowest BCUT2D eigenvalue weighted by Gasteiger charge is -2.29. The lowest BCUT2D eigenvalue weighted by atomic mass is 9.88. The van der Waals surface area contributed by atoms with Crippen molar-refractivity contribution in [3.05, 3.63) is 83.8 Å². The maximum absolute atomic E-state index is 15.3. The van der Waals surface area contributed by atoms with Crippen LogP contribution in [0.2, 0.25) is 0 Å². The van der Waals surface area contributed by atoms with Gasteiger partial charge in [0.05, 0.1) is 21.2 Å². The molecule has 1 saturated heterocycles. The number of aromatic nitrogens is 2. The third-order valence-electron chi connectivity index (χ3n) is 6.85. The second kappa shape index (κ2) is 8.78. The van der Waals surface area contributed by atoms with Crippen LogP contribution in [0.5, 0.6) is 0 Å². The van der Waals surface area contributed by atoms with Crippen LogP contribution in [-0.4, -0.2) is 35.0 Å². The summed E-state index contributed by atoms with van der Waals surface area (Å²) in [4.78, 5) is 11.3. The number of rotatable bonds is 4. The van der Waals surface area contributed by atoms with Gasteiger partial charge in [0.1, 0.15) is 5.82 Å². The summed E-state index contributed by atoms with van der Waals surface area (Å²) in [5.41, 5.74) is 8.18. The molecule has 0 unspecified atom stereocenters. The molecule has 1 aliphatic heterocycles. The van der Waals surface area contributed by atoms with Gasteiger partial charge in [-0.25, -0.2) is 9.37 Å². The van der Waals surface area contributed by atoms with Gasteiger partial charge in [0.15, 0.2) is 0 Å². The first-order chi connectivity index (χ1) is 16.6. The van der Waals surface area contributed by atoms with Crippen molar-refractivity contribution in [2.24, 2.45) is 0 Å². The Morgan fingerprint density at radius 3 is 2.68 bits per heavy atom. The molecular formula is C28H25FN4S. The fraction of sp³-hybridized carbons (Fsp3) is 0.214. The van der Waals surface area contributed by atoms with Crippen molar-refractivity contribution < 1.29 is 4.39 Å². The van der Waals surface area contributed by atoms with Gasteiger partial charge in [-0.1, -0.05) is 18.2 Å². The van der Waals surface area contributed by atoms with Crippen molar-refractivity contribution in [3.8, 4) is 11.1 Å². The van der Waals surface area contributed by atoms with Crippen LogP contribution in [0, 0.1) is 5.82 Å². The van der Waals surface area contributed by atoms with Gasteiger partial charge in [-0.3, -0.25) is 4.98 Å². The number of hydrogen-bond donors (Lipinski definition) is 1. The highest BCUT2D eigenvalue weighted by Gasteiger charge is 2.20. The minimum Gasteiger partial charge on any atom is -0.355 e. The quantitative estimate of drug-likeness (QED) is 0.303. The Labute approximate surface area is 202 Å². The number of thiazole rings is 1. The van der Waals surface area contributed by atoms with E-state index in [0.29, 0.717) is 11.5 Å². The molecule has 0 amide bonds. The SMILES string of the molecule is CN1CCC(c2ccc(-c3ccc4nccc(Nc5ccc6scnc6c5)c4c3)c(F)c2)CC1. The Morgan fingerprint density at radius 2 is 1.82 bits per heavy atom. The first-order valence-corrected chi connectivity index (χ1v) is 12.5. The van der Waals surface area contributed by atoms with E-state index in [4.69, 9.17) is 0 Å². The Morgan fingerprint density at radius 1 is 0.941 bits per heavy atom. The third kappa shape index (κ3) is 4.04. The van der Waals surface area contributed by atoms with Gasteiger partial charge in [-0.2, -0.15) is 0 Å². The molecule has 0 bridgehead atoms. The summed E-state index contributed by atoms with van der Waals surface area (Å²) in [6.45, 7) is 2.13. The van der Waals surface area contributed by atoms with E-state index in [-0.39, 0.29) is 5.82 Å². The molecule has 0 atom stereocenters. The van der Waals surface area contributed by atoms with Crippen molar-refractivity contribution in [2.45, 2.75) is 18.8 Å². The molecule has 0 spiro atoms. The van der Waals surface area contributed by atoms with Crippen LogP contribution in [-0.2, 0) is 0 Å². The van der Waals surface area contributed by atoms with Gasteiger partial charge in [0.2, 0.25) is 0 Å². The molecule has 3 aromatic carbocycles. The fourth-order valence-electron chi connectivity index (χ4n) is 4.88. The number of anilines is 2. The lowest BCUT2D eigenvalue weighted by molar-refractivity contribution is 0.255. The van der Waals surface area contributed by atoms with Crippen LogP contribution < -0.4 is 5.32 Å². The highest BCUT2D eigenvalue weighted by atomic mass is 32.1. The molecule has 1 fully saturated rings. The molecule has 34 heavy (non-hydrogen) atoms. The van der Waals surface area contributed by atoms with E-state index >= 15 is 4.39 Å². The zero-order valence-corrected chi connectivity index (χ0v) is 19.8. The molecule has 5 aromatic rings. The molecule has 6 rings (SSSR count). The first kappa shape index (κ1) is 21.2. The molecule has 4 nitrogen and oxygen atoms in total. The molecule has 0 saturated carbocycles. The number of likely N-dealkylation sites (tertiary alicyclic amines) is 1. The van der Waals surface area contributed by atoms with Gasteiger partial charge < -0.3 is 10.2 Å². The van der Waals surface area contributed by atoms with Gasteiger partial charge in [-0.15, -0.1) is 11.3 Å². The summed E-state index contributed by atoms with van der Waals surface area (Å²) in [5, 5.41) is 4.46. The summed E-state index contributed by atoms with van der Waals surface area (Å²) in [5.74, 6) is 0.273. The van der Waals surface area contributed by atoms with Crippen LogP contribution in [0.25, 0.3) is 32.2 Å². The van der Waals surface area contributed by atoms with Crippen LogP contribution in [0.1, 0.15) is 24.3 Å². The summed E-state index contributed by atoms with van der Waals surface area (Å²) < 4.78 is 16.4. The number of halogens is 1. The second-order valence-electron chi connectivity index (χ2n) is 9.07. The monoisotopic (exact) mass is 468 g/mol. The molecule has 1 aliphatic rings. The molecule has 1 N–H and O–H groups in total. The van der Waals surface area contributed by atoms with Crippen LogP contribution in [0.4, 0.5) is 15.8 Å². The smallest absolute Gasteiger partial charge is 0.131 e. The largest absolute Gasteiger partial charge is 0.355 e. The highest BCUT2D eigenvalue weighted by Crippen LogP contribution is 2.34. The van der Waals surface area contributed by atoms with Crippen molar-refractivity contribution in [1.82, 2.24) is 14.9 Å². The Hall–Kier alpha value is -3.35. The molecule has 0 radical (unpaired) electrons. The van der Waals surface area contributed by atoms with Crippen molar-refractivity contribution >= 4 is 43.8 Å². The number of piperidine rings is 1. The van der Waals surface area contributed by atoms with Crippen molar-refractivity contribution in [2.75, 3.05) is 25.5 Å². The average molecular weight is 469 g/mol. The van der Waals surface area contributed by atoms with E-state index in [0.717, 1.165) is 69.6 Å². The van der Waals surface area contributed by atoms with E-state index in [9.17, 15) is 0 Å². The van der Waals surface area contributed by atoms with E-state index in [2.05, 4.69) is 45.4 Å². The second-order valence-corrected chi connectivity index (χ2v) is 9.95. The summed E-state index contributed by atoms with van der Waals surface area (Å²) in [7, 11) is 2.15. The zero-order chi connectivity index (χ0) is 23.1. The number of pyridine rings is 1. The molecule has 6 heteroatoms. The Bertz CT molecular complexity index is 1490. The Balaban J connectivity index is 1.33. The maximum atomic E-state index is 15.3. The standard InChI is InChI=1S/C28H25FN4S/c1-33-12-9-18(10-13-33)19-2-5-22(24(29)15-19)20-3-6-25-23(14-20)26(8-11-30-25)32-21-4-7-28-27(16-21)31-17-34-28/h2-8,11,14-18H,9-10,12-13H2,1H3,(H,30,32). The van der Waals surface area contributed by atoms with Gasteiger partial charge in [0, 0.05) is 28.5 Å². The van der Waals surface area contributed by atoms with Crippen molar-refractivity contribution in [3.63, 3.8) is 0 Å². The molecule has 170 valence electrons. The van der Waals surface area contributed by atoms with E-state index in [1.165, 1.54) is 0 Å². The molecular weight excluding hydrogens is 443 g/mol. The summed E-state index contributed by atoms with van der Waals surface area (Å²) in [6, 6.07) is 19.8. The topological polar surface area (TPSA) is 41.1 Å². The number of nitrogens with zero attached hydrogens (tertiary/aromatic N) is 3. The molecule has 0 aliphatic carbocycles. The summed E-state index contributed by atoms with van der Waals surface area (Å²) in [6.07, 6.45) is 3.96. The fourth-order valence-corrected chi connectivity index (χ4v) is 5.53. The number of fused-ring (bicyclic) bond motifs is 2. The predicted octanol–water partition coefficient (Wildman–Crippen LogP) is 7.20. The van der Waals surface area contributed by atoms with Crippen molar-refractivity contribution in [1.29, 1.82) is 0 Å². The first-order valence-electron chi connectivity index (χ1n) is 11.6. The van der Waals surface area contributed by atoms with E-state index < -0.39 is 0 Å². The summed E-state index contributed by atoms with van der Waals surface area (Å²) >= 11 is 1.63. The number of hydrogen-bond acceptors (Lipinski definition) is 5. The van der Waals surface area contributed by atoms with Crippen LogP contribution in [0.3, 0.4) is 0 Å². The van der Waals surface area contributed by atoms with E-state index in [1.54, 1.807) is 23.6 Å². The lowest BCUT2D eigenvalue weighted by Crippen LogP contribution is -2.29. The number of benzene rings is 3. The minimum atomic E-state index is -0.164. The highest BCUT2D eigenvalue weighted by molar-refractivity contribution is 7.16. The minimum absolute atomic E-state index is 0.164. The van der Waals surface area contributed by atoms with Crippen LogP contribution in [0.15, 0.2) is 72.4 Å². The maximum Gasteiger partial charge on any atom is 0.131 e. The third-order valence-corrected chi connectivity index (χ3v) is 7.66. The zero-order valence-electron chi connectivity index (χ0n) is 19.0. The van der Waals surface area contributed by atoms with Gasteiger partial charge >= 0.3 is 0 Å². The van der Waals surface area contributed by atoms with Gasteiger partial charge in [0.25, 0.3) is 0 Å². The average Bonchev–Trinajstić information content (AvgIpc) is 3.32.